The van der Waals surface area contributed by atoms with Gasteiger partial charge < -0.3 is 10.3 Å². The molecule has 1 aliphatic rings. The number of nitrogens with zero attached hydrogens (tertiary/aromatic N) is 3. The molecule has 4 heteroatoms. The van der Waals surface area contributed by atoms with E-state index in [9.17, 15) is 0 Å². The average molecular weight is 166 g/mol. The zero-order valence-electron chi connectivity index (χ0n) is 7.27. The molecule has 1 fully saturated rings. The van der Waals surface area contributed by atoms with Gasteiger partial charge in [-0.05, 0) is 19.3 Å². The van der Waals surface area contributed by atoms with Crippen LogP contribution in [0.3, 0.4) is 0 Å². The standard InChI is InChI=1S/C8H14N4/c1-2-7(9)8-11-10-5-12(8)6-3-4-6/h5-7H,2-4,9H2,1H3/t7-/m0/s1. The molecule has 0 aliphatic heterocycles. The largest absolute Gasteiger partial charge is 0.321 e. The zero-order valence-corrected chi connectivity index (χ0v) is 7.27. The van der Waals surface area contributed by atoms with Crippen molar-refractivity contribution >= 4 is 0 Å². The van der Waals surface area contributed by atoms with Crippen molar-refractivity contribution in [3.8, 4) is 0 Å². The van der Waals surface area contributed by atoms with Gasteiger partial charge in [-0.1, -0.05) is 6.92 Å². The highest BCUT2D eigenvalue weighted by molar-refractivity contribution is 4.99. The molecule has 1 aliphatic carbocycles. The van der Waals surface area contributed by atoms with Crippen LogP contribution in [-0.4, -0.2) is 14.8 Å². The van der Waals surface area contributed by atoms with Gasteiger partial charge in [-0.3, -0.25) is 0 Å². The van der Waals surface area contributed by atoms with Crippen molar-refractivity contribution in [2.45, 2.75) is 38.3 Å². The second kappa shape index (κ2) is 2.86. The summed E-state index contributed by atoms with van der Waals surface area (Å²) in [5, 5.41) is 7.92. The quantitative estimate of drug-likeness (QED) is 0.729. The minimum Gasteiger partial charge on any atom is -0.321 e. The molecule has 1 saturated carbocycles. The van der Waals surface area contributed by atoms with Gasteiger partial charge >= 0.3 is 0 Å². The van der Waals surface area contributed by atoms with E-state index in [0.29, 0.717) is 6.04 Å². The van der Waals surface area contributed by atoms with Gasteiger partial charge in [-0.2, -0.15) is 0 Å². The smallest absolute Gasteiger partial charge is 0.150 e. The highest BCUT2D eigenvalue weighted by Gasteiger charge is 2.27. The monoisotopic (exact) mass is 166 g/mol. The Morgan fingerprint density at radius 1 is 1.75 bits per heavy atom. The van der Waals surface area contributed by atoms with Gasteiger partial charge in [0.05, 0.1) is 6.04 Å². The molecule has 0 spiro atoms. The molecule has 0 unspecified atom stereocenters. The van der Waals surface area contributed by atoms with Gasteiger partial charge in [0.2, 0.25) is 0 Å². The second-order valence-corrected chi connectivity index (χ2v) is 3.34. The van der Waals surface area contributed by atoms with Crippen molar-refractivity contribution in [2.24, 2.45) is 5.73 Å². The molecule has 2 N–H and O–H groups in total. The predicted octanol–water partition coefficient (Wildman–Crippen LogP) is 1.02. The Hall–Kier alpha value is -0.900. The molecule has 2 rings (SSSR count). The third-order valence-electron chi connectivity index (χ3n) is 2.31. The molecule has 1 atom stereocenters. The first-order valence-electron chi connectivity index (χ1n) is 4.48. The highest BCUT2D eigenvalue weighted by atomic mass is 15.3. The van der Waals surface area contributed by atoms with Crippen molar-refractivity contribution < 1.29 is 0 Å². The van der Waals surface area contributed by atoms with Crippen LogP contribution in [0.1, 0.15) is 44.1 Å². The fraction of sp³-hybridized carbons (Fsp3) is 0.750. The Kier molecular flexibility index (Phi) is 1.84. The summed E-state index contributed by atoms with van der Waals surface area (Å²) in [4.78, 5) is 0. The fourth-order valence-corrected chi connectivity index (χ4v) is 1.33. The number of nitrogens with two attached hydrogens (primary N) is 1. The molecule has 0 saturated heterocycles. The van der Waals surface area contributed by atoms with Crippen LogP contribution < -0.4 is 5.73 Å². The van der Waals surface area contributed by atoms with Crippen molar-refractivity contribution in [2.75, 3.05) is 0 Å². The van der Waals surface area contributed by atoms with Gasteiger partial charge in [-0.15, -0.1) is 10.2 Å². The summed E-state index contributed by atoms with van der Waals surface area (Å²) < 4.78 is 2.12. The highest BCUT2D eigenvalue weighted by Crippen LogP contribution is 2.36. The number of aromatic nitrogens is 3. The van der Waals surface area contributed by atoms with E-state index in [-0.39, 0.29) is 6.04 Å². The first-order chi connectivity index (χ1) is 5.83. The molecular weight excluding hydrogens is 152 g/mol. The third-order valence-corrected chi connectivity index (χ3v) is 2.31. The lowest BCUT2D eigenvalue weighted by Gasteiger charge is -2.09. The first-order valence-corrected chi connectivity index (χ1v) is 4.48. The molecule has 0 radical (unpaired) electrons. The Bertz CT molecular complexity index is 264. The minimum absolute atomic E-state index is 0.0492. The van der Waals surface area contributed by atoms with Crippen molar-refractivity contribution in [3.63, 3.8) is 0 Å². The van der Waals surface area contributed by atoms with Gasteiger partial charge in [-0.25, -0.2) is 0 Å². The lowest BCUT2D eigenvalue weighted by Crippen LogP contribution is -2.15. The Morgan fingerprint density at radius 3 is 3.08 bits per heavy atom. The summed E-state index contributed by atoms with van der Waals surface area (Å²) >= 11 is 0. The molecule has 1 heterocycles. The summed E-state index contributed by atoms with van der Waals surface area (Å²) in [5.41, 5.74) is 5.88. The summed E-state index contributed by atoms with van der Waals surface area (Å²) in [5.74, 6) is 0.944. The van der Waals surface area contributed by atoms with E-state index in [1.165, 1.54) is 12.8 Å². The molecule has 12 heavy (non-hydrogen) atoms. The zero-order chi connectivity index (χ0) is 8.55. The van der Waals surface area contributed by atoms with Crippen LogP contribution in [0.4, 0.5) is 0 Å². The van der Waals surface area contributed by atoms with E-state index in [2.05, 4.69) is 21.7 Å². The SMILES string of the molecule is CC[C@H](N)c1nncn1C1CC1. The molecule has 0 amide bonds. The third kappa shape index (κ3) is 1.22. The van der Waals surface area contributed by atoms with Crippen LogP contribution in [0, 0.1) is 0 Å². The first kappa shape index (κ1) is 7.73. The van der Waals surface area contributed by atoms with Crippen LogP contribution in [0.5, 0.6) is 0 Å². The Balaban J connectivity index is 2.23. The summed E-state index contributed by atoms with van der Waals surface area (Å²) in [6.07, 6.45) is 5.22. The van der Waals surface area contributed by atoms with Gasteiger partial charge in [0.1, 0.15) is 12.2 Å². The van der Waals surface area contributed by atoms with E-state index in [1.54, 1.807) is 6.33 Å². The number of rotatable bonds is 3. The molecule has 0 aromatic carbocycles. The van der Waals surface area contributed by atoms with E-state index < -0.39 is 0 Å². The van der Waals surface area contributed by atoms with Crippen molar-refractivity contribution in [1.29, 1.82) is 0 Å². The molecule has 0 bridgehead atoms. The van der Waals surface area contributed by atoms with Gasteiger partial charge in [0.25, 0.3) is 0 Å². The lowest BCUT2D eigenvalue weighted by molar-refractivity contribution is 0.581. The maximum absolute atomic E-state index is 5.88. The lowest BCUT2D eigenvalue weighted by atomic mass is 10.2. The number of hydrogen-bond acceptors (Lipinski definition) is 3. The second-order valence-electron chi connectivity index (χ2n) is 3.34. The van der Waals surface area contributed by atoms with E-state index in [1.807, 2.05) is 0 Å². The molecule has 1 aromatic heterocycles. The Labute approximate surface area is 71.8 Å². The molecule has 4 nitrogen and oxygen atoms in total. The normalized spacial score (nSPS) is 19.5. The van der Waals surface area contributed by atoms with Crippen LogP contribution >= 0.6 is 0 Å². The summed E-state index contributed by atoms with van der Waals surface area (Å²) in [7, 11) is 0. The Morgan fingerprint density at radius 2 is 2.50 bits per heavy atom. The molecular formula is C8H14N4. The van der Waals surface area contributed by atoms with Crippen LogP contribution in [0.25, 0.3) is 0 Å². The number of hydrogen-bond donors (Lipinski definition) is 1. The predicted molar refractivity (Wildman–Crippen MR) is 45.5 cm³/mol. The van der Waals surface area contributed by atoms with E-state index >= 15 is 0 Å². The average Bonchev–Trinajstić information content (AvgIpc) is 2.83. The van der Waals surface area contributed by atoms with Gasteiger partial charge in [0.15, 0.2) is 0 Å². The molecule has 1 aromatic rings. The maximum Gasteiger partial charge on any atom is 0.150 e. The fourth-order valence-electron chi connectivity index (χ4n) is 1.33. The van der Waals surface area contributed by atoms with Crippen molar-refractivity contribution in [3.05, 3.63) is 12.2 Å². The minimum atomic E-state index is 0.0492. The summed E-state index contributed by atoms with van der Waals surface area (Å²) in [6.45, 7) is 2.07. The topological polar surface area (TPSA) is 56.7 Å². The van der Waals surface area contributed by atoms with E-state index in [0.717, 1.165) is 12.2 Å². The van der Waals surface area contributed by atoms with Crippen molar-refractivity contribution in [1.82, 2.24) is 14.8 Å². The molecule has 66 valence electrons. The van der Waals surface area contributed by atoms with E-state index in [4.69, 9.17) is 5.73 Å². The maximum atomic E-state index is 5.88. The van der Waals surface area contributed by atoms with Crippen LogP contribution in [0.15, 0.2) is 6.33 Å². The van der Waals surface area contributed by atoms with Crippen LogP contribution in [0.2, 0.25) is 0 Å². The van der Waals surface area contributed by atoms with Gasteiger partial charge in [0, 0.05) is 6.04 Å². The summed E-state index contributed by atoms with van der Waals surface area (Å²) in [6, 6.07) is 0.681. The van der Waals surface area contributed by atoms with Crippen LogP contribution in [-0.2, 0) is 0 Å².